The number of piperidine rings is 1. The second-order valence-corrected chi connectivity index (χ2v) is 8.59. The van der Waals surface area contributed by atoms with Crippen LogP contribution in [0.3, 0.4) is 0 Å². The Morgan fingerprint density at radius 1 is 1.27 bits per heavy atom. The summed E-state index contributed by atoms with van der Waals surface area (Å²) in [6.45, 7) is 3.18. The van der Waals surface area contributed by atoms with Crippen molar-refractivity contribution in [1.82, 2.24) is 19.6 Å². The van der Waals surface area contributed by atoms with Crippen molar-refractivity contribution in [3.63, 3.8) is 0 Å². The van der Waals surface area contributed by atoms with Gasteiger partial charge in [-0.15, -0.1) is 0 Å². The number of pyridine rings is 1. The van der Waals surface area contributed by atoms with E-state index in [9.17, 15) is 9.59 Å². The minimum atomic E-state index is -0.0296. The molecule has 3 heterocycles. The maximum atomic E-state index is 13.0. The highest BCUT2D eigenvalue weighted by atomic mass is 32.1. The first-order chi connectivity index (χ1) is 14.6. The zero-order chi connectivity index (χ0) is 20.9. The monoisotopic (exact) mass is 422 g/mol. The molecule has 1 N–H and O–H groups in total. The maximum Gasteiger partial charge on any atom is 0.255 e. The molecule has 1 aliphatic rings. The van der Waals surface area contributed by atoms with E-state index in [0.29, 0.717) is 25.1 Å². The van der Waals surface area contributed by atoms with Gasteiger partial charge >= 0.3 is 0 Å². The van der Waals surface area contributed by atoms with Crippen molar-refractivity contribution in [2.75, 3.05) is 13.1 Å². The number of fused-ring (bicyclic) bond motifs is 1. The average Bonchev–Trinajstić information content (AvgIpc) is 3.14. The fourth-order valence-corrected chi connectivity index (χ4v) is 4.65. The molecule has 0 saturated carbocycles. The molecule has 1 aromatic carbocycles. The summed E-state index contributed by atoms with van der Waals surface area (Å²) < 4.78 is 4.30. The number of benzene rings is 1. The summed E-state index contributed by atoms with van der Waals surface area (Å²) in [5.41, 5.74) is 2.73. The van der Waals surface area contributed by atoms with Gasteiger partial charge in [0.25, 0.3) is 5.91 Å². The van der Waals surface area contributed by atoms with E-state index in [1.807, 2.05) is 36.1 Å². The number of hydrogen-bond donors (Lipinski definition) is 1. The van der Waals surface area contributed by atoms with Crippen molar-refractivity contribution in [3.8, 4) is 0 Å². The fraction of sp³-hybridized carbons (Fsp3) is 0.391. The van der Waals surface area contributed by atoms with Gasteiger partial charge in [0.15, 0.2) is 0 Å². The molecule has 3 aromatic rings. The third-order valence-corrected chi connectivity index (χ3v) is 6.41. The van der Waals surface area contributed by atoms with Crippen LogP contribution >= 0.6 is 11.5 Å². The van der Waals surface area contributed by atoms with E-state index in [1.54, 1.807) is 6.20 Å². The molecule has 6 nitrogen and oxygen atoms in total. The minimum absolute atomic E-state index is 0.00756. The second kappa shape index (κ2) is 9.34. The van der Waals surface area contributed by atoms with Crippen LogP contribution in [0.15, 0.2) is 42.6 Å². The van der Waals surface area contributed by atoms with E-state index < -0.39 is 0 Å². The van der Waals surface area contributed by atoms with Crippen LogP contribution in [-0.4, -0.2) is 45.2 Å². The molecule has 1 saturated heterocycles. The van der Waals surface area contributed by atoms with Gasteiger partial charge in [0.1, 0.15) is 4.83 Å². The minimum Gasteiger partial charge on any atom is -0.352 e. The van der Waals surface area contributed by atoms with Gasteiger partial charge < -0.3 is 10.2 Å². The third kappa shape index (κ3) is 4.84. The molecule has 1 aliphatic heterocycles. The van der Waals surface area contributed by atoms with Gasteiger partial charge in [-0.1, -0.05) is 30.3 Å². The topological polar surface area (TPSA) is 75.2 Å². The van der Waals surface area contributed by atoms with Gasteiger partial charge in [0.05, 0.1) is 11.3 Å². The lowest BCUT2D eigenvalue weighted by atomic mass is 10.0. The molecular formula is C23H26N4O2S. The molecule has 1 unspecified atom stereocenters. The predicted molar refractivity (Wildman–Crippen MR) is 119 cm³/mol. The van der Waals surface area contributed by atoms with Crippen molar-refractivity contribution in [1.29, 1.82) is 0 Å². The van der Waals surface area contributed by atoms with Crippen LogP contribution in [0.1, 0.15) is 47.3 Å². The van der Waals surface area contributed by atoms with Crippen molar-refractivity contribution in [2.24, 2.45) is 0 Å². The molecule has 2 aromatic heterocycles. The van der Waals surface area contributed by atoms with Gasteiger partial charge in [-0.25, -0.2) is 4.98 Å². The molecule has 4 rings (SSSR count). The molecule has 1 atom stereocenters. The Kier molecular flexibility index (Phi) is 6.38. The SMILES string of the molecule is Cc1nsc2ncc(C(=O)N3CCCC(NC(=O)CCCc4ccccc4)C3)cc12. The van der Waals surface area contributed by atoms with E-state index in [2.05, 4.69) is 26.8 Å². The van der Waals surface area contributed by atoms with Gasteiger partial charge in [-0.2, -0.15) is 4.37 Å². The van der Waals surface area contributed by atoms with Gasteiger partial charge in [0.2, 0.25) is 5.91 Å². The molecule has 0 radical (unpaired) electrons. The molecule has 1 fully saturated rings. The normalized spacial score (nSPS) is 16.6. The zero-order valence-corrected chi connectivity index (χ0v) is 18.0. The summed E-state index contributed by atoms with van der Waals surface area (Å²) in [6, 6.07) is 12.1. The number of carbonyl (C=O) groups is 2. The Morgan fingerprint density at radius 3 is 2.93 bits per heavy atom. The van der Waals surface area contributed by atoms with Gasteiger partial charge in [-0.05, 0) is 55.8 Å². The molecule has 0 bridgehead atoms. The third-order valence-electron chi connectivity index (χ3n) is 5.54. The van der Waals surface area contributed by atoms with Crippen molar-refractivity contribution in [3.05, 3.63) is 59.4 Å². The summed E-state index contributed by atoms with van der Waals surface area (Å²) in [7, 11) is 0. The highest BCUT2D eigenvalue weighted by Gasteiger charge is 2.26. The van der Waals surface area contributed by atoms with Crippen molar-refractivity contribution in [2.45, 2.75) is 45.1 Å². The highest BCUT2D eigenvalue weighted by molar-refractivity contribution is 7.12. The first kappa shape index (κ1) is 20.5. The van der Waals surface area contributed by atoms with Crippen molar-refractivity contribution < 1.29 is 9.59 Å². The maximum absolute atomic E-state index is 13.0. The Labute approximate surface area is 180 Å². The molecule has 7 heteroatoms. The second-order valence-electron chi connectivity index (χ2n) is 7.84. The van der Waals surface area contributed by atoms with Crippen LogP contribution in [0, 0.1) is 6.92 Å². The van der Waals surface area contributed by atoms with Crippen LogP contribution in [0.5, 0.6) is 0 Å². The quantitative estimate of drug-likeness (QED) is 0.657. The molecular weight excluding hydrogens is 396 g/mol. The lowest BCUT2D eigenvalue weighted by molar-refractivity contribution is -0.122. The lowest BCUT2D eigenvalue weighted by Gasteiger charge is -2.33. The van der Waals surface area contributed by atoms with E-state index in [1.165, 1.54) is 17.1 Å². The number of hydrogen-bond acceptors (Lipinski definition) is 5. The summed E-state index contributed by atoms with van der Waals surface area (Å²) >= 11 is 1.35. The highest BCUT2D eigenvalue weighted by Crippen LogP contribution is 2.22. The zero-order valence-electron chi connectivity index (χ0n) is 17.1. The Hall–Kier alpha value is -2.80. The Balaban J connectivity index is 1.30. The molecule has 156 valence electrons. The van der Waals surface area contributed by atoms with Crippen molar-refractivity contribution >= 4 is 33.6 Å². The molecule has 2 amide bonds. The number of nitrogens with one attached hydrogen (secondary N) is 1. The number of rotatable bonds is 6. The number of amides is 2. The van der Waals surface area contributed by atoms with Crippen LogP contribution in [0.25, 0.3) is 10.2 Å². The molecule has 0 aliphatic carbocycles. The number of nitrogens with zero attached hydrogens (tertiary/aromatic N) is 3. The predicted octanol–water partition coefficient (Wildman–Crippen LogP) is 3.74. The number of carbonyl (C=O) groups excluding carboxylic acids is 2. The largest absolute Gasteiger partial charge is 0.352 e. The first-order valence-electron chi connectivity index (χ1n) is 10.4. The standard InChI is InChI=1S/C23H26N4O2S/c1-16-20-13-18(14-24-22(20)30-26-16)23(29)27-12-6-10-19(15-27)25-21(28)11-5-9-17-7-3-2-4-8-17/h2-4,7-8,13-14,19H,5-6,9-12,15H2,1H3,(H,25,28). The Morgan fingerprint density at radius 2 is 2.10 bits per heavy atom. The number of aryl methyl sites for hydroxylation is 2. The van der Waals surface area contributed by atoms with Gasteiger partial charge in [-0.3, -0.25) is 9.59 Å². The number of likely N-dealkylation sites (tertiary alicyclic amines) is 1. The summed E-state index contributed by atoms with van der Waals surface area (Å²) in [4.78, 5) is 32.4. The van der Waals surface area contributed by atoms with Crippen LogP contribution in [0.4, 0.5) is 0 Å². The number of aromatic nitrogens is 2. The van der Waals surface area contributed by atoms with Gasteiger partial charge in [0, 0.05) is 37.1 Å². The first-order valence-corrected chi connectivity index (χ1v) is 11.2. The molecule has 30 heavy (non-hydrogen) atoms. The average molecular weight is 423 g/mol. The Bertz CT molecular complexity index is 1030. The molecule has 0 spiro atoms. The summed E-state index contributed by atoms with van der Waals surface area (Å²) in [5.74, 6) is 0.0336. The van der Waals surface area contributed by atoms with E-state index in [0.717, 1.165) is 41.6 Å². The summed E-state index contributed by atoms with van der Waals surface area (Å²) in [6.07, 6.45) is 5.65. The fourth-order valence-electron chi connectivity index (χ4n) is 3.92. The van der Waals surface area contributed by atoms with E-state index in [4.69, 9.17) is 0 Å². The van der Waals surface area contributed by atoms with Crippen LogP contribution < -0.4 is 5.32 Å². The van der Waals surface area contributed by atoms with Crippen LogP contribution in [0.2, 0.25) is 0 Å². The lowest BCUT2D eigenvalue weighted by Crippen LogP contribution is -2.49. The van der Waals surface area contributed by atoms with Crippen LogP contribution in [-0.2, 0) is 11.2 Å². The summed E-state index contributed by atoms with van der Waals surface area (Å²) in [5, 5.41) is 4.06. The van der Waals surface area contributed by atoms with E-state index >= 15 is 0 Å². The smallest absolute Gasteiger partial charge is 0.255 e. The van der Waals surface area contributed by atoms with E-state index in [-0.39, 0.29) is 17.9 Å².